The fraction of sp³-hybridized carbons (Fsp3) is 0.296. The minimum Gasteiger partial charge on any atom is -0.428 e. The molecule has 202 valence electrons. The Morgan fingerprint density at radius 2 is 1.90 bits per heavy atom. The van der Waals surface area contributed by atoms with Crippen LogP contribution in [0.25, 0.3) is 17.2 Å². The van der Waals surface area contributed by atoms with Crippen LogP contribution in [0.4, 0.5) is 11.4 Å². The second-order valence-electron chi connectivity index (χ2n) is 8.89. The molecule has 1 aliphatic heterocycles. The summed E-state index contributed by atoms with van der Waals surface area (Å²) >= 11 is 0. The van der Waals surface area contributed by atoms with Crippen LogP contribution >= 0.6 is 0 Å². The van der Waals surface area contributed by atoms with Crippen molar-refractivity contribution in [3.05, 3.63) is 71.4 Å². The summed E-state index contributed by atoms with van der Waals surface area (Å²) in [5.74, 6) is -0.452. The maximum absolute atomic E-state index is 12.9. The molecule has 4 aromatic rings. The van der Waals surface area contributed by atoms with E-state index in [1.54, 1.807) is 19.1 Å². The number of H-pyrrole nitrogens is 1. The number of benzene rings is 2. The van der Waals surface area contributed by atoms with Gasteiger partial charge < -0.3 is 29.0 Å². The van der Waals surface area contributed by atoms with E-state index < -0.39 is 25.1 Å². The molecule has 12 nitrogen and oxygen atoms in total. The molecule has 0 saturated heterocycles. The van der Waals surface area contributed by atoms with Crippen LogP contribution in [0.1, 0.15) is 41.8 Å². The summed E-state index contributed by atoms with van der Waals surface area (Å²) in [5.41, 5.74) is 5.64. The summed E-state index contributed by atoms with van der Waals surface area (Å²) < 4.78 is 18.1. The first kappa shape index (κ1) is 25.9. The van der Waals surface area contributed by atoms with Gasteiger partial charge in [0, 0.05) is 31.5 Å². The largest absolute Gasteiger partial charge is 0.428 e. The van der Waals surface area contributed by atoms with Gasteiger partial charge in [-0.1, -0.05) is 25.1 Å². The van der Waals surface area contributed by atoms with Gasteiger partial charge in [-0.3, -0.25) is 4.79 Å². The molecule has 1 atom stereocenters. The van der Waals surface area contributed by atoms with E-state index in [2.05, 4.69) is 25.9 Å². The normalized spacial score (nSPS) is 14.1. The molecular weight excluding hydrogens is 502 g/mol. The molecule has 2 aromatic heterocycles. The molecule has 1 unspecified atom stereocenters. The van der Waals surface area contributed by atoms with Crippen LogP contribution in [-0.2, 0) is 25.5 Å². The topological polar surface area (TPSA) is 136 Å². The molecule has 3 heterocycles. The predicted octanol–water partition coefficient (Wildman–Crippen LogP) is 3.79. The maximum Gasteiger partial charge on any atom is 0.343 e. The lowest BCUT2D eigenvalue weighted by atomic mass is 10.1. The molecule has 0 fully saturated rings. The van der Waals surface area contributed by atoms with Crippen molar-refractivity contribution < 1.29 is 23.8 Å². The molecule has 0 spiro atoms. The molecule has 1 aliphatic rings. The molecule has 0 radical (unpaired) electrons. The van der Waals surface area contributed by atoms with Crippen LogP contribution in [-0.4, -0.2) is 56.9 Å². The summed E-state index contributed by atoms with van der Waals surface area (Å²) in [4.78, 5) is 26.3. The number of fused-ring (bicyclic) bond motifs is 1. The van der Waals surface area contributed by atoms with Gasteiger partial charge >= 0.3 is 11.9 Å². The van der Waals surface area contributed by atoms with Gasteiger partial charge in [-0.2, -0.15) is 0 Å². The third kappa shape index (κ3) is 5.46. The smallest absolute Gasteiger partial charge is 0.343 e. The zero-order valence-electron chi connectivity index (χ0n) is 21.9. The number of anilines is 2. The van der Waals surface area contributed by atoms with Crippen molar-refractivity contribution in [1.29, 1.82) is 0 Å². The van der Waals surface area contributed by atoms with E-state index >= 15 is 0 Å². The second-order valence-corrected chi connectivity index (χ2v) is 8.89. The highest BCUT2D eigenvalue weighted by Gasteiger charge is 2.33. The quantitative estimate of drug-likeness (QED) is 0.230. The van der Waals surface area contributed by atoms with E-state index in [9.17, 15) is 9.59 Å². The molecule has 12 heteroatoms. The monoisotopic (exact) mass is 531 g/mol. The number of hydrogen-bond acceptors (Lipinski definition) is 10. The summed E-state index contributed by atoms with van der Waals surface area (Å²) in [7, 11) is 0. The van der Waals surface area contributed by atoms with Crippen molar-refractivity contribution in [2.75, 3.05) is 23.6 Å². The van der Waals surface area contributed by atoms with Crippen molar-refractivity contribution in [3.63, 3.8) is 0 Å². The summed E-state index contributed by atoms with van der Waals surface area (Å²) in [5, 5.41) is 17.6. The summed E-state index contributed by atoms with van der Waals surface area (Å²) in [6.07, 6.45) is 1.75. The number of rotatable bonds is 10. The third-order valence-corrected chi connectivity index (χ3v) is 6.24. The number of aromatic nitrogens is 5. The van der Waals surface area contributed by atoms with Crippen LogP contribution < -0.4 is 10.2 Å². The van der Waals surface area contributed by atoms with Crippen LogP contribution in [0, 0.1) is 6.92 Å². The van der Waals surface area contributed by atoms with Crippen molar-refractivity contribution in [3.8, 4) is 17.2 Å². The number of nitrogens with zero attached hydrogens (tertiary/aromatic N) is 5. The summed E-state index contributed by atoms with van der Waals surface area (Å²) in [6.45, 7) is 6.09. The van der Waals surface area contributed by atoms with Gasteiger partial charge in [0.15, 0.2) is 5.82 Å². The molecule has 2 N–H and O–H groups in total. The number of aryl methyl sites for hydroxylation is 1. The van der Waals surface area contributed by atoms with E-state index in [0.717, 1.165) is 28.2 Å². The average molecular weight is 532 g/mol. The van der Waals surface area contributed by atoms with E-state index in [1.807, 2.05) is 65.9 Å². The molecular formula is C27H29N7O5. The zero-order chi connectivity index (χ0) is 27.4. The maximum atomic E-state index is 12.9. The Kier molecular flexibility index (Phi) is 7.55. The van der Waals surface area contributed by atoms with E-state index in [1.165, 1.54) is 0 Å². The third-order valence-electron chi connectivity index (χ3n) is 6.24. The standard InChI is InChI=1S/C27H29N7O5/c1-4-23(35)38-16-39-26(36)20-7-6-8-21-24(20)34(27(28-21)37-5-2)15-18-9-11-19(12-10-18)33-14-17(3)13-22(33)25-29-31-32-30-25/h6-14,27-28H,4-5,15-16H2,1-3H3,(H,29,30,31,32). The number of para-hydroxylation sites is 1. The highest BCUT2D eigenvalue weighted by molar-refractivity contribution is 6.00. The van der Waals surface area contributed by atoms with Gasteiger partial charge in [-0.15, -0.1) is 5.10 Å². The van der Waals surface area contributed by atoms with Crippen LogP contribution in [0.15, 0.2) is 54.7 Å². The van der Waals surface area contributed by atoms with E-state index in [4.69, 9.17) is 14.2 Å². The number of esters is 2. The number of tetrazole rings is 1. The Labute approximate surface area is 224 Å². The first-order valence-corrected chi connectivity index (χ1v) is 12.6. The molecule has 0 saturated carbocycles. The molecule has 2 aromatic carbocycles. The molecule has 39 heavy (non-hydrogen) atoms. The fourth-order valence-corrected chi connectivity index (χ4v) is 4.46. The highest BCUT2D eigenvalue weighted by atomic mass is 16.7. The van der Waals surface area contributed by atoms with Crippen molar-refractivity contribution in [2.24, 2.45) is 0 Å². The first-order chi connectivity index (χ1) is 19.0. The predicted molar refractivity (Wildman–Crippen MR) is 142 cm³/mol. The number of ether oxygens (including phenoxy) is 3. The number of nitrogens with one attached hydrogen (secondary N) is 2. The van der Waals surface area contributed by atoms with Crippen molar-refractivity contribution >= 4 is 23.3 Å². The average Bonchev–Trinajstić information content (AvgIpc) is 3.68. The van der Waals surface area contributed by atoms with Crippen molar-refractivity contribution in [2.45, 2.75) is 40.1 Å². The Morgan fingerprint density at radius 1 is 1.08 bits per heavy atom. The first-order valence-electron chi connectivity index (χ1n) is 12.6. The van der Waals surface area contributed by atoms with E-state index in [0.29, 0.717) is 30.2 Å². The Hall–Kier alpha value is -4.71. The van der Waals surface area contributed by atoms with Gasteiger partial charge in [0.25, 0.3) is 0 Å². The van der Waals surface area contributed by atoms with Crippen LogP contribution in [0.5, 0.6) is 0 Å². The van der Waals surface area contributed by atoms with Gasteiger partial charge in [0.1, 0.15) is 0 Å². The SMILES string of the molecule is CCOC1Nc2cccc(C(=O)OCOC(=O)CC)c2N1Cc1ccc(-n2cc(C)cc2-c2nnn[nH]2)cc1. The number of hydrogen-bond donors (Lipinski definition) is 2. The van der Waals surface area contributed by atoms with Gasteiger partial charge in [0.05, 0.1) is 22.6 Å². The summed E-state index contributed by atoms with van der Waals surface area (Å²) in [6, 6.07) is 15.4. The minimum absolute atomic E-state index is 0.202. The van der Waals surface area contributed by atoms with Gasteiger partial charge in [-0.05, 0) is 65.7 Å². The number of aromatic amines is 1. The number of carbonyl (C=O) groups is 2. The minimum atomic E-state index is -0.590. The van der Waals surface area contributed by atoms with Crippen LogP contribution in [0.3, 0.4) is 0 Å². The Bertz CT molecular complexity index is 1450. The lowest BCUT2D eigenvalue weighted by Crippen LogP contribution is -2.38. The van der Waals surface area contributed by atoms with Crippen molar-refractivity contribution in [1.82, 2.24) is 25.2 Å². The zero-order valence-corrected chi connectivity index (χ0v) is 21.9. The molecule has 0 bridgehead atoms. The number of carbonyl (C=O) groups excluding carboxylic acids is 2. The molecule has 0 aliphatic carbocycles. The van der Waals surface area contributed by atoms with E-state index in [-0.39, 0.29) is 6.42 Å². The lowest BCUT2D eigenvalue weighted by molar-refractivity contribution is -0.151. The second kappa shape index (κ2) is 11.4. The lowest BCUT2D eigenvalue weighted by Gasteiger charge is -2.27. The Morgan fingerprint density at radius 3 is 2.62 bits per heavy atom. The van der Waals surface area contributed by atoms with Crippen LogP contribution in [0.2, 0.25) is 0 Å². The molecule has 5 rings (SSSR count). The Balaban J connectivity index is 1.39. The highest BCUT2D eigenvalue weighted by Crippen LogP contribution is 2.39. The molecule has 0 amide bonds. The van der Waals surface area contributed by atoms with Gasteiger partial charge in [-0.25, -0.2) is 9.89 Å². The fourth-order valence-electron chi connectivity index (χ4n) is 4.46. The van der Waals surface area contributed by atoms with Gasteiger partial charge in [0.2, 0.25) is 13.1 Å².